The number of fused-ring (bicyclic) bond motifs is 3. The van der Waals surface area contributed by atoms with Crippen LogP contribution >= 0.6 is 11.6 Å². The van der Waals surface area contributed by atoms with Gasteiger partial charge in [-0.2, -0.15) is 0 Å². The van der Waals surface area contributed by atoms with Crippen LogP contribution in [0.15, 0.2) is 47.4 Å². The molecular formula is C26H24ClN3O7. The SMILES string of the molecule is CN(C)C1C(=O)C(C(N)=O)=C(O)[C@]2(O)C(=O)C3=C(O)c4c(O)ccc(-c5cccnc5Cl)c4C[C@H]3C[C@@H]12. The number of likely N-dealkylation sites (N-methyl/N-ethyl adjacent to an activating group) is 1. The summed E-state index contributed by atoms with van der Waals surface area (Å²) in [5, 5.41) is 44.7. The predicted octanol–water partition coefficient (Wildman–Crippen LogP) is 1.68. The molecule has 1 heterocycles. The molecule has 2 aromatic rings. The van der Waals surface area contributed by atoms with Crippen molar-refractivity contribution < 1.29 is 34.8 Å². The molecule has 1 aromatic heterocycles. The number of aliphatic hydroxyl groups excluding tert-OH is 2. The van der Waals surface area contributed by atoms with E-state index in [1.54, 1.807) is 32.3 Å². The van der Waals surface area contributed by atoms with Gasteiger partial charge in [0.15, 0.2) is 11.4 Å². The number of carbonyl (C=O) groups is 3. The molecule has 11 heteroatoms. The Hall–Kier alpha value is -3.73. The highest BCUT2D eigenvalue weighted by molar-refractivity contribution is 6.32. The Morgan fingerprint density at radius 1 is 1.16 bits per heavy atom. The summed E-state index contributed by atoms with van der Waals surface area (Å²) in [5.41, 5.74) is 3.25. The number of nitrogens with two attached hydrogens (primary N) is 1. The molecule has 6 N–H and O–H groups in total. The zero-order valence-electron chi connectivity index (χ0n) is 19.9. The number of rotatable bonds is 3. The van der Waals surface area contributed by atoms with E-state index in [-0.39, 0.29) is 34.9 Å². The lowest BCUT2D eigenvalue weighted by molar-refractivity contribution is -0.153. The van der Waals surface area contributed by atoms with E-state index < -0.39 is 58.0 Å². The zero-order chi connectivity index (χ0) is 27.0. The summed E-state index contributed by atoms with van der Waals surface area (Å²) in [5.74, 6) is -6.94. The number of aromatic hydroxyl groups is 1. The quantitative estimate of drug-likeness (QED) is 0.295. The van der Waals surface area contributed by atoms with Crippen LogP contribution in [0.1, 0.15) is 17.5 Å². The highest BCUT2D eigenvalue weighted by Gasteiger charge is 2.64. The molecule has 0 aliphatic heterocycles. The molecule has 10 nitrogen and oxygen atoms in total. The van der Waals surface area contributed by atoms with Crippen LogP contribution in [-0.4, -0.2) is 73.5 Å². The minimum Gasteiger partial charge on any atom is -0.508 e. The number of primary amides is 1. The third-order valence-corrected chi connectivity index (χ3v) is 7.95. The first kappa shape index (κ1) is 24.9. The number of phenolic OH excluding ortho intramolecular Hbond substituents is 1. The minimum atomic E-state index is -2.68. The van der Waals surface area contributed by atoms with Crippen LogP contribution in [0.4, 0.5) is 0 Å². The Balaban J connectivity index is 1.76. The number of carbonyl (C=O) groups excluding carboxylic acids is 3. The number of Topliss-reactive ketones (excluding diaryl/α,β-unsaturated/α-hetero) is 2. The van der Waals surface area contributed by atoms with Crippen LogP contribution < -0.4 is 5.73 Å². The van der Waals surface area contributed by atoms with Crippen molar-refractivity contribution in [3.63, 3.8) is 0 Å². The van der Waals surface area contributed by atoms with Gasteiger partial charge in [0.2, 0.25) is 5.78 Å². The fraction of sp³-hybridized carbons (Fsp3) is 0.308. The van der Waals surface area contributed by atoms with Crippen LogP contribution in [0.25, 0.3) is 16.9 Å². The number of halogens is 1. The second kappa shape index (κ2) is 8.41. The second-order valence-electron chi connectivity index (χ2n) is 9.79. The Morgan fingerprint density at radius 3 is 2.49 bits per heavy atom. The number of hydrogen-bond acceptors (Lipinski definition) is 9. The van der Waals surface area contributed by atoms with Gasteiger partial charge in [0.05, 0.1) is 11.6 Å². The molecule has 1 saturated carbocycles. The summed E-state index contributed by atoms with van der Waals surface area (Å²) in [6.07, 6.45) is 1.68. The van der Waals surface area contributed by atoms with Crippen LogP contribution in [0.2, 0.25) is 5.15 Å². The van der Waals surface area contributed by atoms with Gasteiger partial charge in [-0.3, -0.25) is 19.3 Å². The van der Waals surface area contributed by atoms with Crippen molar-refractivity contribution in [3.05, 3.63) is 63.6 Å². The monoisotopic (exact) mass is 525 g/mol. The van der Waals surface area contributed by atoms with Crippen LogP contribution in [0.5, 0.6) is 5.75 Å². The number of hydrogen-bond donors (Lipinski definition) is 5. The molecular weight excluding hydrogens is 502 g/mol. The highest BCUT2D eigenvalue weighted by atomic mass is 35.5. The van der Waals surface area contributed by atoms with Crippen LogP contribution in [0.3, 0.4) is 0 Å². The Labute approximate surface area is 216 Å². The lowest BCUT2D eigenvalue weighted by Crippen LogP contribution is -2.65. The maximum absolute atomic E-state index is 13.9. The van der Waals surface area contributed by atoms with Gasteiger partial charge < -0.3 is 26.2 Å². The topological polar surface area (TPSA) is 174 Å². The molecule has 3 aliphatic rings. The van der Waals surface area contributed by atoms with Gasteiger partial charge in [0.1, 0.15) is 28.0 Å². The van der Waals surface area contributed by atoms with Crippen molar-refractivity contribution in [2.45, 2.75) is 24.5 Å². The van der Waals surface area contributed by atoms with E-state index >= 15 is 0 Å². The third-order valence-electron chi connectivity index (χ3n) is 7.65. The smallest absolute Gasteiger partial charge is 0.255 e. The predicted molar refractivity (Wildman–Crippen MR) is 132 cm³/mol. The van der Waals surface area contributed by atoms with E-state index in [1.807, 2.05) is 0 Å². The minimum absolute atomic E-state index is 0.00162. The fourth-order valence-electron chi connectivity index (χ4n) is 6.08. The molecule has 1 fully saturated rings. The summed E-state index contributed by atoms with van der Waals surface area (Å²) >= 11 is 6.32. The zero-order valence-corrected chi connectivity index (χ0v) is 20.7. The number of aliphatic hydroxyl groups is 3. The van der Waals surface area contributed by atoms with Gasteiger partial charge in [0, 0.05) is 23.3 Å². The van der Waals surface area contributed by atoms with E-state index in [4.69, 9.17) is 17.3 Å². The fourth-order valence-corrected chi connectivity index (χ4v) is 6.30. The van der Waals surface area contributed by atoms with Crippen molar-refractivity contribution in [2.75, 3.05) is 14.1 Å². The lowest BCUT2D eigenvalue weighted by atomic mass is 9.57. The van der Waals surface area contributed by atoms with Crippen molar-refractivity contribution in [1.29, 1.82) is 0 Å². The molecule has 0 spiro atoms. The lowest BCUT2D eigenvalue weighted by Gasteiger charge is -2.50. The summed E-state index contributed by atoms with van der Waals surface area (Å²) in [6, 6.07) is 5.27. The molecule has 192 valence electrons. The number of benzene rings is 1. The third kappa shape index (κ3) is 3.33. The Bertz CT molecular complexity index is 1460. The molecule has 5 rings (SSSR count). The Morgan fingerprint density at radius 2 is 1.86 bits per heavy atom. The van der Waals surface area contributed by atoms with Gasteiger partial charge in [-0.15, -0.1) is 0 Å². The average Bonchev–Trinajstić information content (AvgIpc) is 2.82. The highest BCUT2D eigenvalue weighted by Crippen LogP contribution is 2.53. The van der Waals surface area contributed by atoms with E-state index in [2.05, 4.69) is 4.98 Å². The maximum atomic E-state index is 13.9. The normalized spacial score (nSPS) is 27.2. The number of pyridine rings is 1. The molecule has 1 amide bonds. The molecule has 3 aliphatic carbocycles. The number of phenols is 1. The maximum Gasteiger partial charge on any atom is 0.255 e. The molecule has 37 heavy (non-hydrogen) atoms. The number of amides is 1. The summed E-state index contributed by atoms with van der Waals surface area (Å²) < 4.78 is 0. The molecule has 4 atom stereocenters. The summed E-state index contributed by atoms with van der Waals surface area (Å²) in [4.78, 5) is 44.6. The largest absolute Gasteiger partial charge is 0.508 e. The number of ketones is 2. The number of nitrogens with zero attached hydrogens (tertiary/aromatic N) is 2. The van der Waals surface area contributed by atoms with Gasteiger partial charge in [0.25, 0.3) is 5.91 Å². The first-order chi connectivity index (χ1) is 17.4. The molecule has 0 radical (unpaired) electrons. The van der Waals surface area contributed by atoms with Gasteiger partial charge in [-0.05, 0) is 62.2 Å². The van der Waals surface area contributed by atoms with Crippen molar-refractivity contribution in [2.24, 2.45) is 17.6 Å². The molecule has 0 saturated heterocycles. The van der Waals surface area contributed by atoms with Crippen molar-refractivity contribution in [3.8, 4) is 16.9 Å². The van der Waals surface area contributed by atoms with E-state index in [9.17, 15) is 34.8 Å². The van der Waals surface area contributed by atoms with Crippen molar-refractivity contribution in [1.82, 2.24) is 9.88 Å². The van der Waals surface area contributed by atoms with Gasteiger partial charge in [-0.1, -0.05) is 17.7 Å². The summed E-state index contributed by atoms with van der Waals surface area (Å²) in [6.45, 7) is 0. The van der Waals surface area contributed by atoms with Gasteiger partial charge in [-0.25, -0.2) is 4.98 Å². The molecule has 1 unspecified atom stereocenters. The molecule has 0 bridgehead atoms. The Kier molecular flexibility index (Phi) is 5.67. The van der Waals surface area contributed by atoms with Crippen molar-refractivity contribution >= 4 is 34.8 Å². The number of aromatic nitrogens is 1. The summed E-state index contributed by atoms with van der Waals surface area (Å²) in [7, 11) is 3.10. The van der Waals surface area contributed by atoms with E-state index in [1.165, 1.54) is 17.2 Å². The van der Waals surface area contributed by atoms with Gasteiger partial charge >= 0.3 is 0 Å². The second-order valence-corrected chi connectivity index (χ2v) is 10.1. The first-order valence-corrected chi connectivity index (χ1v) is 11.9. The van der Waals surface area contributed by atoms with Crippen LogP contribution in [-0.2, 0) is 20.8 Å². The first-order valence-electron chi connectivity index (χ1n) is 11.5. The standard InChI is InChI=1S/C26H24ClN3O7/c1-30(2)19-14-9-10-8-13-11(12-4-3-7-29-24(12)27)5-6-15(31)17(13)20(32)16(10)22(34)26(14,37)23(35)18(21(19)33)25(28)36/h3-7,10,14,19,31-32,35,37H,8-9H2,1-2H3,(H2,28,36)/t10-,14-,19?,26+/m0/s1. The van der Waals surface area contributed by atoms with E-state index in [0.717, 1.165) is 0 Å². The molecule has 1 aromatic carbocycles. The average molecular weight is 526 g/mol. The van der Waals surface area contributed by atoms with Crippen LogP contribution in [0, 0.1) is 11.8 Å². The van der Waals surface area contributed by atoms with E-state index in [0.29, 0.717) is 16.7 Å².